The molecule has 0 aliphatic heterocycles. The molecule has 0 saturated carbocycles. The number of carbonyl (C=O) groups is 1. The second-order valence-electron chi connectivity index (χ2n) is 3.73. The maximum Gasteiger partial charge on any atom is 0.160 e. The average molecular weight is 232 g/mol. The summed E-state index contributed by atoms with van der Waals surface area (Å²) in [4.78, 5) is 11.2. The Kier molecular flexibility index (Phi) is 3.06. The van der Waals surface area contributed by atoms with Gasteiger partial charge in [0.15, 0.2) is 6.29 Å². The second-order valence-corrected chi connectivity index (χ2v) is 4.67. The second kappa shape index (κ2) is 4.49. The third-order valence-electron chi connectivity index (χ3n) is 2.14. The van der Waals surface area contributed by atoms with Gasteiger partial charge in [-0.25, -0.2) is 0 Å². The lowest BCUT2D eigenvalue weighted by Gasteiger charge is -2.05. The van der Waals surface area contributed by atoms with Gasteiger partial charge < -0.3 is 4.74 Å². The zero-order chi connectivity index (χ0) is 11.5. The molecule has 0 radical (unpaired) electrons. The van der Waals surface area contributed by atoms with Gasteiger partial charge in [-0.3, -0.25) is 4.79 Å². The molecule has 0 spiro atoms. The summed E-state index contributed by atoms with van der Waals surface area (Å²) in [6.07, 6.45) is 0.832. The molecule has 0 bridgehead atoms. The highest BCUT2D eigenvalue weighted by atomic mass is 32.1. The Labute approximate surface area is 98.5 Å². The highest BCUT2D eigenvalue weighted by Gasteiger charge is 2.02. The molecule has 2 nitrogen and oxygen atoms in total. The number of aldehydes is 1. The van der Waals surface area contributed by atoms with E-state index in [9.17, 15) is 4.79 Å². The van der Waals surface area contributed by atoms with Crippen LogP contribution in [0.5, 0.6) is 11.5 Å². The molecule has 1 aromatic heterocycles. The van der Waals surface area contributed by atoms with Gasteiger partial charge in [0.25, 0.3) is 0 Å². The molecular formula is C13H12O2S. The van der Waals surface area contributed by atoms with E-state index in [1.807, 2.05) is 31.4 Å². The van der Waals surface area contributed by atoms with Gasteiger partial charge in [-0.15, -0.1) is 11.3 Å². The first-order valence-electron chi connectivity index (χ1n) is 4.97. The van der Waals surface area contributed by atoms with Crippen molar-refractivity contribution in [3.63, 3.8) is 0 Å². The Morgan fingerprint density at radius 1 is 1.06 bits per heavy atom. The Bertz CT molecular complexity index is 494. The zero-order valence-electron chi connectivity index (χ0n) is 9.19. The molecule has 16 heavy (non-hydrogen) atoms. The van der Waals surface area contributed by atoms with Gasteiger partial charge >= 0.3 is 0 Å². The molecular weight excluding hydrogens is 220 g/mol. The van der Waals surface area contributed by atoms with Crippen LogP contribution < -0.4 is 4.74 Å². The van der Waals surface area contributed by atoms with Crippen molar-refractivity contribution in [3.05, 3.63) is 45.6 Å². The van der Waals surface area contributed by atoms with E-state index in [2.05, 4.69) is 6.07 Å². The van der Waals surface area contributed by atoms with Gasteiger partial charge in [0.2, 0.25) is 0 Å². The summed E-state index contributed by atoms with van der Waals surface area (Å²) in [7, 11) is 0. The summed E-state index contributed by atoms with van der Waals surface area (Å²) in [6, 6.07) is 7.79. The van der Waals surface area contributed by atoms with Crippen molar-refractivity contribution in [1.82, 2.24) is 0 Å². The number of ether oxygens (including phenoxy) is 1. The summed E-state index contributed by atoms with van der Waals surface area (Å²) in [6.45, 7) is 4.06. The van der Waals surface area contributed by atoms with E-state index in [0.29, 0.717) is 4.88 Å². The zero-order valence-corrected chi connectivity index (χ0v) is 10.0. The van der Waals surface area contributed by atoms with Crippen LogP contribution in [0, 0.1) is 13.8 Å². The fraction of sp³-hybridized carbons (Fsp3) is 0.154. The third kappa shape index (κ3) is 2.49. The molecule has 0 aliphatic rings. The van der Waals surface area contributed by atoms with Crippen molar-refractivity contribution < 1.29 is 9.53 Å². The smallest absolute Gasteiger partial charge is 0.160 e. The first-order chi connectivity index (χ1) is 7.67. The van der Waals surface area contributed by atoms with Crippen LogP contribution in [0.25, 0.3) is 0 Å². The highest BCUT2D eigenvalue weighted by Crippen LogP contribution is 2.27. The van der Waals surface area contributed by atoms with E-state index >= 15 is 0 Å². The van der Waals surface area contributed by atoms with E-state index < -0.39 is 0 Å². The molecule has 0 atom stereocenters. The normalized spacial score (nSPS) is 10.1. The van der Waals surface area contributed by atoms with Crippen LogP contribution in [0.2, 0.25) is 0 Å². The summed E-state index contributed by atoms with van der Waals surface area (Å²) < 4.78 is 5.67. The maximum atomic E-state index is 10.5. The number of carbonyl (C=O) groups excluding carboxylic acids is 1. The quantitative estimate of drug-likeness (QED) is 0.748. The highest BCUT2D eigenvalue weighted by molar-refractivity contribution is 7.11. The SMILES string of the molecule is Cc1cc(C)cc(Oc2csc(C=O)c2)c1. The van der Waals surface area contributed by atoms with Crippen molar-refractivity contribution in [2.75, 3.05) is 0 Å². The molecule has 0 fully saturated rings. The Hall–Kier alpha value is -1.61. The standard InChI is InChI=1S/C13H12O2S/c1-9-3-10(2)5-11(4-9)15-12-6-13(7-14)16-8-12/h3-8H,1-2H3. The maximum absolute atomic E-state index is 10.5. The lowest BCUT2D eigenvalue weighted by molar-refractivity contribution is 0.112. The number of hydrogen-bond acceptors (Lipinski definition) is 3. The van der Waals surface area contributed by atoms with Gasteiger partial charge in [-0.2, -0.15) is 0 Å². The fourth-order valence-electron chi connectivity index (χ4n) is 1.58. The summed E-state index contributed by atoms with van der Waals surface area (Å²) in [5, 5.41) is 1.83. The van der Waals surface area contributed by atoms with E-state index in [1.165, 1.54) is 22.5 Å². The predicted molar refractivity (Wildman–Crippen MR) is 65.7 cm³/mol. The summed E-state index contributed by atoms with van der Waals surface area (Å²) in [5.41, 5.74) is 2.33. The minimum Gasteiger partial charge on any atom is -0.456 e. The van der Waals surface area contributed by atoms with E-state index in [-0.39, 0.29) is 0 Å². The summed E-state index contributed by atoms with van der Waals surface area (Å²) >= 11 is 1.38. The van der Waals surface area contributed by atoms with Gasteiger partial charge in [0.1, 0.15) is 11.5 Å². The van der Waals surface area contributed by atoms with Crippen LogP contribution >= 0.6 is 11.3 Å². The molecule has 2 aromatic rings. The van der Waals surface area contributed by atoms with Crippen molar-refractivity contribution >= 4 is 17.6 Å². The molecule has 82 valence electrons. The lowest BCUT2D eigenvalue weighted by Crippen LogP contribution is -1.84. The average Bonchev–Trinajstić information content (AvgIpc) is 2.64. The van der Waals surface area contributed by atoms with E-state index in [0.717, 1.165) is 17.8 Å². The molecule has 0 aliphatic carbocycles. The van der Waals surface area contributed by atoms with Crippen molar-refractivity contribution in [2.45, 2.75) is 13.8 Å². The van der Waals surface area contributed by atoms with Crippen LogP contribution in [0.4, 0.5) is 0 Å². The number of thiophene rings is 1. The number of aryl methyl sites for hydroxylation is 2. The van der Waals surface area contributed by atoms with Crippen molar-refractivity contribution in [3.8, 4) is 11.5 Å². The van der Waals surface area contributed by atoms with Crippen LogP contribution in [0.15, 0.2) is 29.6 Å². The molecule has 0 amide bonds. The molecule has 1 aromatic carbocycles. The first-order valence-corrected chi connectivity index (χ1v) is 5.85. The van der Waals surface area contributed by atoms with Crippen LogP contribution in [-0.2, 0) is 0 Å². The first kappa shape index (κ1) is 10.9. The molecule has 1 heterocycles. The molecule has 0 N–H and O–H groups in total. The Morgan fingerprint density at radius 2 is 1.75 bits per heavy atom. The topological polar surface area (TPSA) is 26.3 Å². The fourth-order valence-corrected chi connectivity index (χ4v) is 2.19. The minimum absolute atomic E-state index is 0.680. The van der Waals surface area contributed by atoms with Gasteiger partial charge in [0, 0.05) is 11.4 Å². The molecule has 0 unspecified atom stereocenters. The minimum atomic E-state index is 0.680. The monoisotopic (exact) mass is 232 g/mol. The van der Waals surface area contributed by atoms with Gasteiger partial charge in [0.05, 0.1) is 4.88 Å². The number of hydrogen-bond donors (Lipinski definition) is 0. The van der Waals surface area contributed by atoms with Crippen LogP contribution in [0.3, 0.4) is 0 Å². The van der Waals surface area contributed by atoms with Gasteiger partial charge in [-0.05, 0) is 37.1 Å². The Balaban J connectivity index is 2.22. The lowest BCUT2D eigenvalue weighted by atomic mass is 10.1. The van der Waals surface area contributed by atoms with Gasteiger partial charge in [-0.1, -0.05) is 6.07 Å². The molecule has 2 rings (SSSR count). The van der Waals surface area contributed by atoms with Crippen molar-refractivity contribution in [2.24, 2.45) is 0 Å². The number of benzene rings is 1. The largest absolute Gasteiger partial charge is 0.456 e. The third-order valence-corrected chi connectivity index (χ3v) is 2.98. The predicted octanol–water partition coefficient (Wildman–Crippen LogP) is 3.97. The van der Waals surface area contributed by atoms with Crippen LogP contribution in [-0.4, -0.2) is 6.29 Å². The molecule has 0 saturated heterocycles. The van der Waals surface area contributed by atoms with Crippen molar-refractivity contribution in [1.29, 1.82) is 0 Å². The summed E-state index contributed by atoms with van der Waals surface area (Å²) in [5.74, 6) is 1.53. The van der Waals surface area contributed by atoms with Crippen LogP contribution in [0.1, 0.15) is 20.8 Å². The van der Waals surface area contributed by atoms with E-state index in [4.69, 9.17) is 4.74 Å². The molecule has 3 heteroatoms. The van der Waals surface area contributed by atoms with E-state index in [1.54, 1.807) is 6.07 Å². The Morgan fingerprint density at radius 3 is 2.31 bits per heavy atom. The number of rotatable bonds is 3.